The molecule has 0 aliphatic heterocycles. The molecule has 0 spiro atoms. The number of hydrogen-bond acceptors (Lipinski definition) is 4. The minimum absolute atomic E-state index is 0.212. The normalized spacial score (nSPS) is 11.0. The summed E-state index contributed by atoms with van der Waals surface area (Å²) in [6.07, 6.45) is 1.50. The van der Waals surface area contributed by atoms with Crippen molar-refractivity contribution in [3.05, 3.63) is 74.1 Å². The average Bonchev–Trinajstić information content (AvgIpc) is 2.90. The van der Waals surface area contributed by atoms with E-state index in [2.05, 4.69) is 10.1 Å². The fourth-order valence-electron chi connectivity index (χ4n) is 2.32. The van der Waals surface area contributed by atoms with E-state index in [1.807, 2.05) is 5.40 Å². The summed E-state index contributed by atoms with van der Waals surface area (Å²) in [6, 6.07) is 12.1. The lowest BCUT2D eigenvalue weighted by molar-refractivity contribution is 0.835. The van der Waals surface area contributed by atoms with Gasteiger partial charge < -0.3 is 0 Å². The molecule has 1 aromatic heterocycles. The Morgan fingerprint density at radius 1 is 1.23 bits per heavy atom. The first-order valence-corrected chi connectivity index (χ1v) is 9.04. The number of nitrogens with one attached hydrogen (secondary N) is 1. The first kappa shape index (κ1) is 18.3. The third-order valence-electron chi connectivity index (χ3n) is 3.62. The number of thiocyanates is 1. The van der Waals surface area contributed by atoms with Gasteiger partial charge in [-0.2, -0.15) is 5.26 Å². The van der Waals surface area contributed by atoms with E-state index in [4.69, 9.17) is 28.5 Å². The van der Waals surface area contributed by atoms with Gasteiger partial charge in [-0.15, -0.1) is 0 Å². The van der Waals surface area contributed by atoms with Gasteiger partial charge in [0.2, 0.25) is 0 Å². The molecule has 0 bridgehead atoms. The molecule has 0 aliphatic carbocycles. The summed E-state index contributed by atoms with van der Waals surface area (Å²) in [4.78, 5) is 17.6. The van der Waals surface area contributed by atoms with Crippen LogP contribution < -0.4 is 5.56 Å². The third kappa shape index (κ3) is 3.86. The number of benzene rings is 2. The van der Waals surface area contributed by atoms with Crippen molar-refractivity contribution in [3.63, 3.8) is 0 Å². The van der Waals surface area contributed by atoms with E-state index in [-0.39, 0.29) is 5.56 Å². The van der Waals surface area contributed by atoms with Crippen molar-refractivity contribution in [1.82, 2.24) is 9.78 Å². The Bertz CT molecular complexity index is 1080. The number of aryl methyl sites for hydroxylation is 1. The van der Waals surface area contributed by atoms with Crippen LogP contribution in [0.2, 0.25) is 10.0 Å². The minimum Gasteiger partial charge on any atom is -0.295 e. The molecular formula is C18H12Cl2N4OS. The highest BCUT2D eigenvalue weighted by atomic mass is 35.5. The van der Waals surface area contributed by atoms with Crippen LogP contribution in [0.3, 0.4) is 0 Å². The zero-order chi connectivity index (χ0) is 18.7. The van der Waals surface area contributed by atoms with Crippen molar-refractivity contribution in [1.29, 1.82) is 5.26 Å². The van der Waals surface area contributed by atoms with Crippen LogP contribution in [0.4, 0.5) is 5.69 Å². The molecule has 2 aromatic carbocycles. The molecule has 1 heterocycles. The number of aromatic amines is 1. The summed E-state index contributed by atoms with van der Waals surface area (Å²) in [5.74, 6) is 0. The van der Waals surface area contributed by atoms with Crippen molar-refractivity contribution in [2.45, 2.75) is 11.8 Å². The molecule has 1 N–H and O–H groups in total. The molecule has 0 unspecified atom stereocenters. The summed E-state index contributed by atoms with van der Waals surface area (Å²) in [7, 11) is 0. The molecule has 0 fully saturated rings. The van der Waals surface area contributed by atoms with E-state index >= 15 is 0 Å². The maximum Gasteiger partial charge on any atom is 0.280 e. The van der Waals surface area contributed by atoms with Crippen LogP contribution in [0.1, 0.15) is 11.3 Å². The summed E-state index contributed by atoms with van der Waals surface area (Å²) >= 11 is 13.0. The van der Waals surface area contributed by atoms with Gasteiger partial charge in [-0.05, 0) is 61.2 Å². The summed E-state index contributed by atoms with van der Waals surface area (Å²) in [5.41, 5.74) is 2.21. The van der Waals surface area contributed by atoms with Gasteiger partial charge in [0.05, 0.1) is 22.0 Å². The number of H-pyrrole nitrogens is 1. The zero-order valence-corrected chi connectivity index (χ0v) is 15.9. The zero-order valence-electron chi connectivity index (χ0n) is 13.5. The van der Waals surface area contributed by atoms with Gasteiger partial charge in [0.25, 0.3) is 5.56 Å². The largest absolute Gasteiger partial charge is 0.295 e. The number of nitriles is 1. The fraction of sp³-hybridized carbons (Fsp3) is 0.0556. The highest BCUT2D eigenvalue weighted by Crippen LogP contribution is 2.30. The number of halogens is 2. The number of thioether (sulfide) groups is 1. The molecule has 8 heteroatoms. The smallest absolute Gasteiger partial charge is 0.280 e. The van der Waals surface area contributed by atoms with Crippen molar-refractivity contribution in [3.8, 4) is 11.1 Å². The van der Waals surface area contributed by atoms with Crippen LogP contribution in [-0.4, -0.2) is 16.0 Å². The highest BCUT2D eigenvalue weighted by molar-refractivity contribution is 8.03. The molecule has 0 amide bonds. The highest BCUT2D eigenvalue weighted by Gasteiger charge is 2.11. The molecular weight excluding hydrogens is 391 g/mol. The molecule has 26 heavy (non-hydrogen) atoms. The van der Waals surface area contributed by atoms with Gasteiger partial charge in [-0.1, -0.05) is 23.2 Å². The van der Waals surface area contributed by atoms with Crippen LogP contribution in [0.15, 0.2) is 57.1 Å². The SMILES string of the molecule is Cc1[nH]n(-c2ccc(Cl)cc2)c(=O)c1C=Nc1ccc(SC#N)c(Cl)c1. The lowest BCUT2D eigenvalue weighted by atomic mass is 10.2. The lowest BCUT2D eigenvalue weighted by Gasteiger charge is -2.00. The number of aromatic nitrogens is 2. The molecule has 0 aliphatic rings. The topological polar surface area (TPSA) is 73.9 Å². The van der Waals surface area contributed by atoms with Crippen LogP contribution in [0, 0.1) is 17.6 Å². The van der Waals surface area contributed by atoms with E-state index in [0.717, 1.165) is 11.8 Å². The lowest BCUT2D eigenvalue weighted by Crippen LogP contribution is -2.17. The molecule has 3 aromatic rings. The van der Waals surface area contributed by atoms with Crippen molar-refractivity contribution < 1.29 is 0 Å². The molecule has 0 saturated carbocycles. The maximum atomic E-state index is 12.6. The Balaban J connectivity index is 1.92. The van der Waals surface area contributed by atoms with Gasteiger partial charge >= 0.3 is 0 Å². The number of nitrogens with zero attached hydrogens (tertiary/aromatic N) is 3. The monoisotopic (exact) mass is 402 g/mol. The van der Waals surface area contributed by atoms with Crippen molar-refractivity contribution in [2.75, 3.05) is 0 Å². The van der Waals surface area contributed by atoms with Crippen molar-refractivity contribution in [2.24, 2.45) is 4.99 Å². The van der Waals surface area contributed by atoms with Gasteiger partial charge in [0.1, 0.15) is 5.40 Å². The standard InChI is InChI=1S/C18H12Cl2N4OS/c1-11-15(9-22-13-4-7-17(26-10-21)16(20)8-13)18(25)24(23-11)14-5-2-12(19)3-6-14/h2-9,23H,1H3. The first-order valence-electron chi connectivity index (χ1n) is 7.46. The van der Waals surface area contributed by atoms with Crippen LogP contribution in [0.25, 0.3) is 5.69 Å². The Labute approximate surface area is 163 Å². The Morgan fingerprint density at radius 3 is 2.62 bits per heavy atom. The van der Waals surface area contributed by atoms with Crippen LogP contribution in [0.5, 0.6) is 0 Å². The Kier molecular flexibility index (Phi) is 5.52. The Morgan fingerprint density at radius 2 is 1.96 bits per heavy atom. The number of hydrogen-bond donors (Lipinski definition) is 1. The maximum absolute atomic E-state index is 12.6. The molecule has 0 atom stereocenters. The summed E-state index contributed by atoms with van der Waals surface area (Å²) in [5, 5.41) is 14.8. The quantitative estimate of drug-likeness (QED) is 0.374. The van der Waals surface area contributed by atoms with Gasteiger partial charge in [0.15, 0.2) is 0 Å². The number of rotatable bonds is 4. The van der Waals surface area contributed by atoms with E-state index in [9.17, 15) is 4.79 Å². The van der Waals surface area contributed by atoms with Crippen LogP contribution >= 0.6 is 35.0 Å². The van der Waals surface area contributed by atoms with Gasteiger partial charge in [-0.3, -0.25) is 14.9 Å². The van der Waals surface area contributed by atoms with E-state index in [0.29, 0.717) is 37.6 Å². The first-order chi connectivity index (χ1) is 12.5. The van der Waals surface area contributed by atoms with Crippen LogP contribution in [-0.2, 0) is 0 Å². The summed E-state index contributed by atoms with van der Waals surface area (Å²) in [6.45, 7) is 1.80. The third-order valence-corrected chi connectivity index (χ3v) is 4.96. The second-order valence-corrected chi connectivity index (χ2v) is 7.00. The molecule has 130 valence electrons. The predicted molar refractivity (Wildman–Crippen MR) is 106 cm³/mol. The average molecular weight is 403 g/mol. The number of aliphatic imine (C=N–C) groups is 1. The molecule has 3 rings (SSSR count). The fourth-order valence-corrected chi connectivity index (χ4v) is 3.13. The Hall–Kier alpha value is -2.46. The second kappa shape index (κ2) is 7.83. The van der Waals surface area contributed by atoms with E-state index in [1.165, 1.54) is 10.9 Å². The minimum atomic E-state index is -0.212. The molecule has 0 saturated heterocycles. The van der Waals surface area contributed by atoms with E-state index in [1.54, 1.807) is 49.4 Å². The van der Waals surface area contributed by atoms with Crippen molar-refractivity contribution >= 4 is 46.9 Å². The predicted octanol–water partition coefficient (Wildman–Crippen LogP) is 5.10. The van der Waals surface area contributed by atoms with Gasteiger partial charge in [-0.25, -0.2) is 4.68 Å². The molecule has 5 nitrogen and oxygen atoms in total. The van der Waals surface area contributed by atoms with E-state index < -0.39 is 0 Å². The van der Waals surface area contributed by atoms with Gasteiger partial charge in [0, 0.05) is 21.8 Å². The molecule has 0 radical (unpaired) electrons. The second-order valence-electron chi connectivity index (χ2n) is 5.33. The summed E-state index contributed by atoms with van der Waals surface area (Å²) < 4.78 is 1.44.